The van der Waals surface area contributed by atoms with Crippen molar-refractivity contribution in [1.82, 2.24) is 4.31 Å². The molecule has 4 nitrogen and oxygen atoms in total. The van der Waals surface area contributed by atoms with Gasteiger partial charge in [-0.25, -0.2) is 8.42 Å². The molecule has 1 atom stereocenters. The molecule has 0 spiro atoms. The van der Waals surface area contributed by atoms with E-state index < -0.39 is 10.0 Å². The average Bonchev–Trinajstić information content (AvgIpc) is 2.59. The van der Waals surface area contributed by atoms with Crippen LogP contribution >= 0.6 is 11.6 Å². The highest BCUT2D eigenvalue weighted by atomic mass is 35.5. The fourth-order valence-corrected chi connectivity index (χ4v) is 5.47. The minimum atomic E-state index is -3.66. The molecule has 0 aromatic heterocycles. The standard InChI is InChI=1S/C19H30ClNO3S/c1-15(2)12-18(14-22)21(13-16-6-4-3-5-7-16)25(23,24)19-10-8-17(20)9-11-19/h8-11,15-16,18,22H,3-7,12-14H2,1-2H3/t18-/m1/s1. The van der Waals surface area contributed by atoms with Gasteiger partial charge in [0.05, 0.1) is 11.5 Å². The molecule has 1 fully saturated rings. The van der Waals surface area contributed by atoms with E-state index in [0.29, 0.717) is 29.8 Å². The second-order valence-corrected chi connectivity index (χ2v) is 9.83. The minimum Gasteiger partial charge on any atom is -0.395 e. The summed E-state index contributed by atoms with van der Waals surface area (Å²) in [6.45, 7) is 4.44. The second-order valence-electron chi connectivity index (χ2n) is 7.50. The van der Waals surface area contributed by atoms with E-state index in [1.165, 1.54) is 6.42 Å². The Morgan fingerprint density at radius 1 is 1.16 bits per heavy atom. The monoisotopic (exact) mass is 387 g/mol. The summed E-state index contributed by atoms with van der Waals surface area (Å²) in [5.41, 5.74) is 0. The molecule has 1 saturated carbocycles. The molecule has 1 N–H and O–H groups in total. The fourth-order valence-electron chi connectivity index (χ4n) is 3.64. The molecule has 6 heteroatoms. The molecule has 0 bridgehead atoms. The SMILES string of the molecule is CC(C)C[C@H](CO)N(CC1CCCCC1)S(=O)(=O)c1ccc(Cl)cc1. The van der Waals surface area contributed by atoms with Gasteiger partial charge >= 0.3 is 0 Å². The van der Waals surface area contributed by atoms with Crippen LogP contribution in [0.15, 0.2) is 29.2 Å². The first-order chi connectivity index (χ1) is 11.8. The average molecular weight is 388 g/mol. The number of sulfonamides is 1. The zero-order chi connectivity index (χ0) is 18.4. The summed E-state index contributed by atoms with van der Waals surface area (Å²) in [6, 6.07) is 5.92. The summed E-state index contributed by atoms with van der Waals surface area (Å²) in [5, 5.41) is 10.4. The molecule has 0 amide bonds. The van der Waals surface area contributed by atoms with Crippen molar-refractivity contribution in [2.24, 2.45) is 11.8 Å². The Labute approximate surface area is 157 Å². The molecule has 2 rings (SSSR count). The number of aliphatic hydroxyl groups is 1. The first-order valence-electron chi connectivity index (χ1n) is 9.23. The molecular weight excluding hydrogens is 358 g/mol. The third-order valence-electron chi connectivity index (χ3n) is 4.94. The van der Waals surface area contributed by atoms with Gasteiger partial charge in [0.1, 0.15) is 0 Å². The third-order valence-corrected chi connectivity index (χ3v) is 7.13. The number of nitrogens with zero attached hydrogens (tertiary/aromatic N) is 1. The van der Waals surface area contributed by atoms with Crippen molar-refractivity contribution < 1.29 is 13.5 Å². The number of benzene rings is 1. The van der Waals surface area contributed by atoms with Crippen molar-refractivity contribution in [1.29, 1.82) is 0 Å². The van der Waals surface area contributed by atoms with Gasteiger partial charge in [-0.2, -0.15) is 4.31 Å². The van der Waals surface area contributed by atoms with Gasteiger partial charge in [-0.3, -0.25) is 0 Å². The lowest BCUT2D eigenvalue weighted by Crippen LogP contribution is -2.46. The maximum absolute atomic E-state index is 13.3. The molecule has 1 aromatic rings. The summed E-state index contributed by atoms with van der Waals surface area (Å²) in [5.74, 6) is 0.684. The Morgan fingerprint density at radius 3 is 2.28 bits per heavy atom. The van der Waals surface area contributed by atoms with Gasteiger partial charge in [-0.1, -0.05) is 44.7 Å². The second kappa shape index (κ2) is 9.36. The highest BCUT2D eigenvalue weighted by Gasteiger charge is 2.33. The van der Waals surface area contributed by atoms with E-state index in [4.69, 9.17) is 11.6 Å². The molecule has 0 heterocycles. The van der Waals surface area contributed by atoms with Crippen LogP contribution in [0, 0.1) is 11.8 Å². The predicted octanol–water partition coefficient (Wildman–Crippen LogP) is 4.32. The lowest BCUT2D eigenvalue weighted by atomic mass is 9.89. The van der Waals surface area contributed by atoms with Crippen molar-refractivity contribution in [2.45, 2.75) is 63.3 Å². The summed E-state index contributed by atoms with van der Waals surface area (Å²) in [4.78, 5) is 0.245. The summed E-state index contributed by atoms with van der Waals surface area (Å²) in [6.07, 6.45) is 6.33. The number of hydrogen-bond donors (Lipinski definition) is 1. The lowest BCUT2D eigenvalue weighted by molar-refractivity contribution is 0.147. The van der Waals surface area contributed by atoms with Crippen molar-refractivity contribution >= 4 is 21.6 Å². The van der Waals surface area contributed by atoms with E-state index in [1.54, 1.807) is 28.6 Å². The predicted molar refractivity (Wildman–Crippen MR) is 102 cm³/mol. The zero-order valence-electron chi connectivity index (χ0n) is 15.2. The summed E-state index contributed by atoms with van der Waals surface area (Å²) < 4.78 is 28.1. The molecule has 0 radical (unpaired) electrons. The van der Waals surface area contributed by atoms with Crippen molar-refractivity contribution in [3.63, 3.8) is 0 Å². The van der Waals surface area contributed by atoms with Crippen LogP contribution < -0.4 is 0 Å². The first kappa shape index (κ1) is 20.7. The third kappa shape index (κ3) is 5.68. The number of aliphatic hydroxyl groups excluding tert-OH is 1. The van der Waals surface area contributed by atoms with E-state index in [0.717, 1.165) is 25.7 Å². The van der Waals surface area contributed by atoms with Crippen LogP contribution in [0.1, 0.15) is 52.4 Å². The molecule has 0 unspecified atom stereocenters. The highest BCUT2D eigenvalue weighted by molar-refractivity contribution is 7.89. The molecule has 25 heavy (non-hydrogen) atoms. The van der Waals surface area contributed by atoms with Crippen LogP contribution in [0.2, 0.25) is 5.02 Å². The van der Waals surface area contributed by atoms with E-state index >= 15 is 0 Å². The van der Waals surface area contributed by atoms with E-state index in [9.17, 15) is 13.5 Å². The van der Waals surface area contributed by atoms with Gasteiger partial charge in [0.25, 0.3) is 0 Å². The maximum Gasteiger partial charge on any atom is 0.243 e. The van der Waals surface area contributed by atoms with Crippen LogP contribution in [0.3, 0.4) is 0 Å². The molecule has 0 aliphatic heterocycles. The van der Waals surface area contributed by atoms with Gasteiger partial charge in [0.15, 0.2) is 0 Å². The smallest absolute Gasteiger partial charge is 0.243 e. The molecule has 1 aromatic carbocycles. The summed E-state index contributed by atoms with van der Waals surface area (Å²) in [7, 11) is -3.66. The Balaban J connectivity index is 2.32. The topological polar surface area (TPSA) is 57.6 Å². The zero-order valence-corrected chi connectivity index (χ0v) is 16.8. The number of hydrogen-bond acceptors (Lipinski definition) is 3. The van der Waals surface area contributed by atoms with Gasteiger partial charge in [0.2, 0.25) is 10.0 Å². The van der Waals surface area contributed by atoms with E-state index in [2.05, 4.69) is 13.8 Å². The van der Waals surface area contributed by atoms with Crippen molar-refractivity contribution in [3.05, 3.63) is 29.3 Å². The Bertz CT molecular complexity index is 625. The molecule has 142 valence electrons. The van der Waals surface area contributed by atoms with Crippen LogP contribution in [0.5, 0.6) is 0 Å². The summed E-state index contributed by atoms with van der Waals surface area (Å²) >= 11 is 5.91. The highest BCUT2D eigenvalue weighted by Crippen LogP contribution is 2.29. The van der Waals surface area contributed by atoms with Crippen molar-refractivity contribution in [2.75, 3.05) is 13.2 Å². The number of halogens is 1. The first-order valence-corrected chi connectivity index (χ1v) is 11.0. The number of rotatable bonds is 8. The van der Waals surface area contributed by atoms with Gasteiger partial charge < -0.3 is 5.11 Å². The lowest BCUT2D eigenvalue weighted by Gasteiger charge is -2.34. The molecule has 1 aliphatic rings. The van der Waals surface area contributed by atoms with Crippen LogP contribution in [-0.2, 0) is 10.0 Å². The van der Waals surface area contributed by atoms with Gasteiger partial charge in [-0.15, -0.1) is 0 Å². The van der Waals surface area contributed by atoms with Crippen molar-refractivity contribution in [3.8, 4) is 0 Å². The molecule has 1 aliphatic carbocycles. The Morgan fingerprint density at radius 2 is 1.76 bits per heavy atom. The maximum atomic E-state index is 13.3. The Hall–Kier alpha value is -0.620. The van der Waals surface area contributed by atoms with Gasteiger partial charge in [-0.05, 0) is 55.4 Å². The van der Waals surface area contributed by atoms with Crippen LogP contribution in [-0.4, -0.2) is 37.0 Å². The van der Waals surface area contributed by atoms with E-state index in [-0.39, 0.29) is 17.5 Å². The van der Waals surface area contributed by atoms with Gasteiger partial charge in [0, 0.05) is 17.6 Å². The Kier molecular flexibility index (Phi) is 7.74. The van der Waals surface area contributed by atoms with E-state index in [1.807, 2.05) is 0 Å². The molecular formula is C19H30ClNO3S. The van der Waals surface area contributed by atoms with Crippen LogP contribution in [0.25, 0.3) is 0 Å². The van der Waals surface area contributed by atoms with Crippen LogP contribution in [0.4, 0.5) is 0 Å². The minimum absolute atomic E-state index is 0.155. The largest absolute Gasteiger partial charge is 0.395 e. The quantitative estimate of drug-likeness (QED) is 0.722. The molecule has 0 saturated heterocycles. The fraction of sp³-hybridized carbons (Fsp3) is 0.684. The normalized spacial score (nSPS) is 18.0.